The van der Waals surface area contributed by atoms with Crippen LogP contribution < -0.4 is 21.5 Å². The molecule has 0 saturated carbocycles. The van der Waals surface area contributed by atoms with Crippen LogP contribution in [0.5, 0.6) is 11.6 Å². The zero-order chi connectivity index (χ0) is 24.7. The van der Waals surface area contributed by atoms with E-state index in [2.05, 4.69) is 10.2 Å². The first-order valence-electron chi connectivity index (χ1n) is 9.36. The minimum Gasteiger partial charge on any atom is -0.434 e. The number of nitrogens with zero attached hydrogens (tertiary/aromatic N) is 4. The molecule has 0 spiro atoms. The molecule has 2 N–H and O–H groups in total. The molecule has 0 aliphatic heterocycles. The van der Waals surface area contributed by atoms with Crippen molar-refractivity contribution in [1.82, 2.24) is 25.0 Å². The third kappa shape index (κ3) is 4.10. The first-order chi connectivity index (χ1) is 15.3. The highest BCUT2D eigenvalue weighted by molar-refractivity contribution is 6.37. The number of hydrogen-bond donors (Lipinski definition) is 2. The number of nitrogens with one attached hydrogen (secondary N) is 2. The minimum atomic E-state index is -3.16. The van der Waals surface area contributed by atoms with Gasteiger partial charge in [0.1, 0.15) is 11.7 Å². The van der Waals surface area contributed by atoms with Gasteiger partial charge in [0.05, 0.1) is 21.3 Å². The Labute approximate surface area is 180 Å². The average molecular weight is 456 g/mol. The molecule has 10 nitrogen and oxygen atoms in total. The molecule has 1 aromatic carbocycles. The van der Waals surface area contributed by atoms with E-state index in [0.29, 0.717) is 11.6 Å². The summed E-state index contributed by atoms with van der Waals surface area (Å²) in [6.45, 7) is -2.44. The van der Waals surface area contributed by atoms with E-state index >= 15 is 0 Å². The highest BCUT2D eigenvalue weighted by atomic mass is 35.5. The monoisotopic (exact) mass is 455 g/mol. The molecule has 154 valence electrons. The highest BCUT2D eigenvalue weighted by Gasteiger charge is 2.24. The Morgan fingerprint density at radius 1 is 1.27 bits per heavy atom. The Balaban J connectivity index is 2.06. The zero-order valence-corrected chi connectivity index (χ0v) is 16.3. The van der Waals surface area contributed by atoms with Gasteiger partial charge in [0.15, 0.2) is 5.75 Å². The number of ether oxygens (including phenoxy) is 1. The van der Waals surface area contributed by atoms with Gasteiger partial charge >= 0.3 is 5.69 Å². The van der Waals surface area contributed by atoms with Gasteiger partial charge in [-0.3, -0.25) is 14.6 Å². The molecule has 0 amide bonds. The van der Waals surface area contributed by atoms with Crippen LogP contribution in [0.2, 0.25) is 10.0 Å². The van der Waals surface area contributed by atoms with E-state index in [9.17, 15) is 18.8 Å². The van der Waals surface area contributed by atoms with Crippen LogP contribution in [-0.4, -0.2) is 25.0 Å². The fourth-order valence-electron chi connectivity index (χ4n) is 2.31. The third-order valence-electron chi connectivity index (χ3n) is 3.65. The van der Waals surface area contributed by atoms with Crippen molar-refractivity contribution < 1.29 is 13.2 Å². The number of benzene rings is 1. The molecule has 3 rings (SSSR count). The van der Waals surface area contributed by atoms with Crippen molar-refractivity contribution >= 4 is 23.2 Å². The number of hydrogen-bond acceptors (Lipinski definition) is 7. The van der Waals surface area contributed by atoms with Crippen molar-refractivity contribution in [1.29, 1.82) is 5.26 Å². The normalized spacial score (nSPS) is 14.7. The smallest absolute Gasteiger partial charge is 0.349 e. The van der Waals surface area contributed by atoms with Crippen molar-refractivity contribution in [3.05, 3.63) is 70.7 Å². The molecule has 30 heavy (non-hydrogen) atoms. The maximum Gasteiger partial charge on any atom is 0.349 e. The van der Waals surface area contributed by atoms with Crippen LogP contribution in [0.25, 0.3) is 5.69 Å². The molecular weight excluding hydrogens is 442 g/mol. The maximum absolute atomic E-state index is 14.8. The molecular formula is C17H11Cl2FN6O4. The van der Waals surface area contributed by atoms with Gasteiger partial charge in [0, 0.05) is 10.2 Å². The molecule has 3 aromatic rings. The van der Waals surface area contributed by atoms with Gasteiger partial charge in [-0.2, -0.15) is 9.94 Å². The summed E-state index contributed by atoms with van der Waals surface area (Å²) in [4.78, 5) is 37.4. The number of H-pyrrole nitrogens is 2. The summed E-state index contributed by atoms with van der Waals surface area (Å²) < 4.78 is 42.9. The van der Waals surface area contributed by atoms with Crippen molar-refractivity contribution in [2.75, 3.05) is 0 Å². The summed E-state index contributed by atoms with van der Waals surface area (Å²) in [5.74, 6) is -0.666. The lowest BCUT2D eigenvalue weighted by molar-refractivity contribution is 0.217. The Bertz CT molecular complexity index is 1450. The quantitative estimate of drug-likeness (QED) is 0.612. The lowest BCUT2D eigenvalue weighted by atomic mass is 10.0. The second kappa shape index (κ2) is 7.74. The molecule has 13 heteroatoms. The number of nitriles is 1. The van der Waals surface area contributed by atoms with Gasteiger partial charge in [-0.1, -0.05) is 23.2 Å². The Morgan fingerprint density at radius 2 is 1.93 bits per heavy atom. The first kappa shape index (κ1) is 17.4. The van der Waals surface area contributed by atoms with Crippen LogP contribution >= 0.6 is 23.2 Å². The second-order valence-corrected chi connectivity index (χ2v) is 6.74. The Kier molecular flexibility index (Phi) is 4.48. The van der Waals surface area contributed by atoms with Gasteiger partial charge in [0.2, 0.25) is 11.6 Å². The molecule has 2 aromatic heterocycles. The molecule has 0 bridgehead atoms. The van der Waals surface area contributed by atoms with E-state index in [-0.39, 0.29) is 21.5 Å². The van der Waals surface area contributed by atoms with Crippen LogP contribution in [0.1, 0.15) is 29.1 Å². The van der Waals surface area contributed by atoms with E-state index in [0.717, 1.165) is 18.2 Å². The highest BCUT2D eigenvalue weighted by Crippen LogP contribution is 2.37. The number of rotatable bonds is 4. The van der Waals surface area contributed by atoms with Crippen molar-refractivity contribution in [3.63, 3.8) is 0 Å². The van der Waals surface area contributed by atoms with E-state index in [4.69, 9.17) is 37.3 Å². The lowest BCUT2D eigenvalue weighted by Gasteiger charge is -2.15. The number of aromatic nitrogens is 5. The molecule has 1 atom stereocenters. The standard InChI is InChI=1S/C17H11Cl2FN6O4/c1-17(2,20)8-5-12(23-24-14(8)27)30-13-9(18)3-7(4-10(13)19)26-16(29)22-15(28)11(6-21)25-26/h3-5H,1-2H3,(H,24,27)(H,22,28,29)/i1D3. The largest absolute Gasteiger partial charge is 0.434 e. The second-order valence-electron chi connectivity index (χ2n) is 5.92. The third-order valence-corrected chi connectivity index (χ3v) is 4.22. The Hall–Kier alpha value is -3.49. The van der Waals surface area contributed by atoms with Crippen LogP contribution in [0.3, 0.4) is 0 Å². The number of alkyl halides is 1. The predicted molar refractivity (Wildman–Crippen MR) is 104 cm³/mol. The fraction of sp³-hybridized carbons (Fsp3) is 0.176. The van der Waals surface area contributed by atoms with Crippen LogP contribution in [0.4, 0.5) is 4.39 Å². The molecule has 1 unspecified atom stereocenters. The molecule has 2 heterocycles. The average Bonchev–Trinajstić information content (AvgIpc) is 2.71. The van der Waals surface area contributed by atoms with Gasteiger partial charge in [0.25, 0.3) is 11.1 Å². The SMILES string of the molecule is [2H]C([2H])([2H])C(C)(F)c1cc(Oc2c(Cl)cc(-n3nc(C#N)c(=O)[nH]c3=O)cc2Cl)n[nH]c1=O. The minimum absolute atomic E-state index is 0.0380. The van der Waals surface area contributed by atoms with E-state index in [1.54, 1.807) is 0 Å². The Morgan fingerprint density at radius 3 is 2.53 bits per heavy atom. The first-order valence-corrected chi connectivity index (χ1v) is 8.62. The van der Waals surface area contributed by atoms with Gasteiger partial charge in [-0.25, -0.2) is 14.3 Å². The summed E-state index contributed by atoms with van der Waals surface area (Å²) in [7, 11) is 0. The van der Waals surface area contributed by atoms with Gasteiger partial charge in [-0.05, 0) is 25.9 Å². The van der Waals surface area contributed by atoms with Crippen molar-refractivity contribution in [3.8, 4) is 23.4 Å². The zero-order valence-electron chi connectivity index (χ0n) is 17.8. The molecule has 0 saturated heterocycles. The van der Waals surface area contributed by atoms with E-state index in [1.807, 2.05) is 10.1 Å². The lowest BCUT2D eigenvalue weighted by Crippen LogP contribution is -2.33. The molecule has 0 radical (unpaired) electrons. The number of halogens is 3. The van der Waals surface area contributed by atoms with Gasteiger partial charge in [-0.15, -0.1) is 10.2 Å². The van der Waals surface area contributed by atoms with Gasteiger partial charge < -0.3 is 4.74 Å². The maximum atomic E-state index is 14.8. The molecule has 0 aliphatic carbocycles. The van der Waals surface area contributed by atoms with E-state index < -0.39 is 46.5 Å². The van der Waals surface area contributed by atoms with Crippen LogP contribution in [0.15, 0.2) is 32.6 Å². The summed E-state index contributed by atoms with van der Waals surface area (Å²) >= 11 is 12.3. The van der Waals surface area contributed by atoms with Crippen molar-refractivity contribution in [2.24, 2.45) is 0 Å². The molecule has 0 aliphatic rings. The summed E-state index contributed by atoms with van der Waals surface area (Å²) in [5, 5.41) is 17.7. The molecule has 0 fully saturated rings. The summed E-state index contributed by atoms with van der Waals surface area (Å²) in [6.07, 6.45) is 0. The van der Waals surface area contributed by atoms with E-state index in [1.165, 1.54) is 6.07 Å². The van der Waals surface area contributed by atoms with Crippen molar-refractivity contribution in [2.45, 2.75) is 19.4 Å². The fourth-order valence-corrected chi connectivity index (χ4v) is 2.86. The predicted octanol–water partition coefficient (Wildman–Crippen LogP) is 2.18. The topological polar surface area (TPSA) is 147 Å². The summed E-state index contributed by atoms with van der Waals surface area (Å²) in [5.41, 5.74) is -7.43. The van der Waals surface area contributed by atoms with Crippen LogP contribution in [-0.2, 0) is 5.67 Å². The van der Waals surface area contributed by atoms with Crippen LogP contribution in [0, 0.1) is 11.3 Å². The summed E-state index contributed by atoms with van der Waals surface area (Å²) in [6, 6.07) is 4.63. The number of aromatic amines is 2.